The predicted molar refractivity (Wildman–Crippen MR) is 270 cm³/mol. The van der Waals surface area contributed by atoms with Crippen LogP contribution in [-0.2, 0) is 0 Å². The van der Waals surface area contributed by atoms with Crippen LogP contribution < -0.4 is 14.2 Å². The van der Waals surface area contributed by atoms with Gasteiger partial charge in [0, 0.05) is 16.7 Å². The number of benzene rings is 6. The summed E-state index contributed by atoms with van der Waals surface area (Å²) in [6.45, 7) is 3.97. The third-order valence-electron chi connectivity index (χ3n) is 11.2. The highest BCUT2D eigenvalue weighted by Crippen LogP contribution is 2.29. The van der Waals surface area contributed by atoms with Crippen molar-refractivity contribution in [1.82, 2.24) is 15.0 Å². The summed E-state index contributed by atoms with van der Waals surface area (Å²) in [5.74, 6) is -2.05. The zero-order valence-corrected chi connectivity index (χ0v) is 37.7. The van der Waals surface area contributed by atoms with Gasteiger partial charge in [0.1, 0.15) is 17.2 Å². The number of aromatic nitrogens is 3. The number of allylic oxidation sites excluding steroid dienone is 4. The molecular formula is C60H43N3O6. The van der Waals surface area contributed by atoms with Crippen LogP contribution in [0.15, 0.2) is 225 Å². The number of carbonyl (C=O) groups is 3. The molecule has 0 spiro atoms. The maximum absolute atomic E-state index is 13.8. The summed E-state index contributed by atoms with van der Waals surface area (Å²) in [6.07, 6.45) is 10.4. The van der Waals surface area contributed by atoms with Gasteiger partial charge in [0.25, 0.3) is 0 Å². The van der Waals surface area contributed by atoms with Gasteiger partial charge in [0.2, 0.25) is 0 Å². The quantitative estimate of drug-likeness (QED) is 0.0823. The Labute approximate surface area is 399 Å². The van der Waals surface area contributed by atoms with Crippen LogP contribution in [0.5, 0.6) is 17.2 Å². The molecule has 9 heteroatoms. The minimum absolute atomic E-state index is 0.100. The lowest BCUT2D eigenvalue weighted by molar-refractivity contribution is 0.0734. The van der Waals surface area contributed by atoms with Crippen LogP contribution in [0.1, 0.15) is 50.5 Å². The third kappa shape index (κ3) is 10.9. The molecule has 0 unspecified atom stereocenters. The van der Waals surface area contributed by atoms with Crippen molar-refractivity contribution in [2.75, 3.05) is 0 Å². The average molecular weight is 902 g/mol. The van der Waals surface area contributed by atoms with Gasteiger partial charge in [0.15, 0.2) is 0 Å². The highest BCUT2D eigenvalue weighted by Gasteiger charge is 2.21. The molecular weight excluding hydrogens is 859 g/mol. The fourth-order valence-electron chi connectivity index (χ4n) is 7.61. The van der Waals surface area contributed by atoms with E-state index in [1.807, 2.05) is 166 Å². The van der Waals surface area contributed by atoms with Gasteiger partial charge in [0.05, 0.1) is 52.4 Å². The molecule has 0 saturated heterocycles. The van der Waals surface area contributed by atoms with Crippen molar-refractivity contribution in [3.05, 3.63) is 247 Å². The first-order valence-electron chi connectivity index (χ1n) is 22.2. The van der Waals surface area contributed by atoms with Crippen molar-refractivity contribution in [1.29, 1.82) is 0 Å². The molecule has 9 rings (SSSR count). The van der Waals surface area contributed by atoms with Gasteiger partial charge in [-0.15, -0.1) is 0 Å². The number of esters is 3. The van der Waals surface area contributed by atoms with Crippen LogP contribution in [0.3, 0.4) is 0 Å². The Kier molecular flexibility index (Phi) is 13.6. The van der Waals surface area contributed by atoms with E-state index in [-0.39, 0.29) is 33.9 Å². The maximum atomic E-state index is 13.8. The summed E-state index contributed by atoms with van der Waals surface area (Å²) in [5.41, 5.74) is 10.9. The number of rotatable bonds is 13. The fraction of sp³-hybridized carbons (Fsp3) is 0.0333. The van der Waals surface area contributed by atoms with E-state index in [1.165, 1.54) is 36.8 Å². The van der Waals surface area contributed by atoms with Crippen LogP contribution >= 0.6 is 0 Å². The van der Waals surface area contributed by atoms with Crippen molar-refractivity contribution in [3.8, 4) is 73.3 Å². The molecule has 0 aliphatic carbocycles. The Morgan fingerprint density at radius 2 is 0.681 bits per heavy atom. The van der Waals surface area contributed by atoms with Crippen molar-refractivity contribution in [2.45, 2.75) is 13.8 Å². The second-order valence-electron chi connectivity index (χ2n) is 15.8. The molecule has 69 heavy (non-hydrogen) atoms. The van der Waals surface area contributed by atoms with Crippen LogP contribution in [0.2, 0.25) is 0 Å². The smallest absolute Gasteiger partial charge is 0.343 e. The number of hydrogen-bond acceptors (Lipinski definition) is 9. The van der Waals surface area contributed by atoms with E-state index in [1.54, 1.807) is 36.4 Å². The largest absolute Gasteiger partial charge is 0.421 e. The van der Waals surface area contributed by atoms with E-state index in [4.69, 9.17) is 14.2 Å². The minimum atomic E-state index is -0.839. The zero-order valence-electron chi connectivity index (χ0n) is 37.7. The van der Waals surface area contributed by atoms with Crippen LogP contribution in [-0.4, -0.2) is 32.9 Å². The molecule has 0 atom stereocenters. The van der Waals surface area contributed by atoms with Crippen LogP contribution in [0.4, 0.5) is 0 Å². The molecule has 0 radical (unpaired) electrons. The summed E-state index contributed by atoms with van der Waals surface area (Å²) >= 11 is 0. The van der Waals surface area contributed by atoms with Crippen LogP contribution in [0.25, 0.3) is 61.6 Å². The molecule has 9 nitrogen and oxygen atoms in total. The molecule has 0 saturated carbocycles. The zero-order chi connectivity index (χ0) is 47.5. The predicted octanol–water partition coefficient (Wildman–Crippen LogP) is 13.8. The molecule has 334 valence electrons. The number of carbonyl (C=O) groups excluding carboxylic acids is 3. The van der Waals surface area contributed by atoms with E-state index < -0.39 is 17.9 Å². The van der Waals surface area contributed by atoms with E-state index in [0.29, 0.717) is 17.1 Å². The van der Waals surface area contributed by atoms with Gasteiger partial charge in [-0.2, -0.15) is 0 Å². The number of ether oxygens (including phenoxy) is 3. The Morgan fingerprint density at radius 1 is 0.362 bits per heavy atom. The standard InChI is InChI=1S/C60H43N3O6/c1-3-11-40(4-2)43-16-22-46(23-17-43)55-31-28-52(37-61-55)67-58(64)49-34-50(59(65)68-53-29-32-56(62-38-53)47-24-18-44(19-25-47)41-12-7-5-8-13-41)36-51(35-49)60(66)69-54-30-33-57(63-39-54)48-26-20-45(21-27-48)42-14-9-6-10-15-42/h3-39H,1-2H3/b11-3-,40-4+. The number of nitrogens with zero attached hydrogens (tertiary/aromatic N) is 3. The Bertz CT molecular complexity index is 3140. The first-order chi connectivity index (χ1) is 33.8. The van der Waals surface area contributed by atoms with E-state index >= 15 is 0 Å². The Balaban J connectivity index is 0.928. The van der Waals surface area contributed by atoms with Gasteiger partial charge in [-0.1, -0.05) is 152 Å². The summed E-state index contributed by atoms with van der Waals surface area (Å²) in [4.78, 5) is 54.9. The Hall–Kier alpha value is -9.34. The van der Waals surface area contributed by atoms with Crippen LogP contribution in [0, 0.1) is 0 Å². The average Bonchev–Trinajstić information content (AvgIpc) is 3.41. The van der Waals surface area contributed by atoms with Crippen molar-refractivity contribution < 1.29 is 28.6 Å². The Morgan fingerprint density at radius 3 is 0.986 bits per heavy atom. The van der Waals surface area contributed by atoms with Crippen molar-refractivity contribution >= 4 is 23.5 Å². The number of hydrogen-bond donors (Lipinski definition) is 0. The summed E-state index contributed by atoms with van der Waals surface area (Å²) < 4.78 is 17.2. The number of pyridine rings is 3. The molecule has 0 aliphatic heterocycles. The second-order valence-corrected chi connectivity index (χ2v) is 15.8. The fourth-order valence-corrected chi connectivity index (χ4v) is 7.61. The van der Waals surface area contributed by atoms with E-state index in [0.717, 1.165) is 50.1 Å². The van der Waals surface area contributed by atoms with Gasteiger partial charge >= 0.3 is 17.9 Å². The molecule has 6 aromatic carbocycles. The SMILES string of the molecule is C/C=C\C(=C/C)c1ccc(-c2ccc(OC(=O)c3cc(C(=O)Oc4ccc(-c5ccc(-c6ccccc6)cc5)nc4)cc(C(=O)Oc4ccc(-c5ccc(-c6ccccc6)cc5)nc4)c3)cn2)cc1. The van der Waals surface area contributed by atoms with Crippen molar-refractivity contribution in [3.63, 3.8) is 0 Å². The van der Waals surface area contributed by atoms with E-state index in [2.05, 4.69) is 15.0 Å². The highest BCUT2D eigenvalue weighted by atomic mass is 16.5. The van der Waals surface area contributed by atoms with E-state index in [9.17, 15) is 14.4 Å². The highest BCUT2D eigenvalue weighted by molar-refractivity contribution is 6.02. The molecule has 9 aromatic rings. The van der Waals surface area contributed by atoms with Gasteiger partial charge in [-0.3, -0.25) is 15.0 Å². The monoisotopic (exact) mass is 901 g/mol. The molecule has 0 bridgehead atoms. The molecule has 0 N–H and O–H groups in total. The van der Waals surface area contributed by atoms with Crippen molar-refractivity contribution in [2.24, 2.45) is 0 Å². The lowest BCUT2D eigenvalue weighted by Crippen LogP contribution is -2.17. The maximum Gasteiger partial charge on any atom is 0.343 e. The molecule has 3 aromatic heterocycles. The molecule has 3 heterocycles. The molecule has 0 fully saturated rings. The first kappa shape index (κ1) is 44.8. The molecule has 0 amide bonds. The topological polar surface area (TPSA) is 118 Å². The summed E-state index contributed by atoms with van der Waals surface area (Å²) in [5, 5.41) is 0. The first-order valence-corrected chi connectivity index (χ1v) is 22.2. The normalized spacial score (nSPS) is 11.2. The molecule has 0 aliphatic rings. The second kappa shape index (κ2) is 20.9. The summed E-state index contributed by atoms with van der Waals surface area (Å²) in [7, 11) is 0. The van der Waals surface area contributed by atoms with Gasteiger partial charge in [-0.05, 0) is 102 Å². The lowest BCUT2D eigenvalue weighted by Gasteiger charge is -2.11. The summed E-state index contributed by atoms with van der Waals surface area (Å²) in [6, 6.07) is 58.2. The third-order valence-corrected chi connectivity index (χ3v) is 11.2. The van der Waals surface area contributed by atoms with Gasteiger partial charge in [-0.25, -0.2) is 14.4 Å². The lowest BCUT2D eigenvalue weighted by atomic mass is 10.0. The van der Waals surface area contributed by atoms with Gasteiger partial charge < -0.3 is 14.2 Å². The minimum Gasteiger partial charge on any atom is -0.421 e.